The van der Waals surface area contributed by atoms with Gasteiger partial charge in [-0.3, -0.25) is 4.72 Å². The predicted octanol–water partition coefficient (Wildman–Crippen LogP) is 2.90. The molecule has 0 aromatic heterocycles. The average Bonchev–Trinajstić information content (AvgIpc) is 2.44. The van der Waals surface area contributed by atoms with Crippen molar-refractivity contribution in [2.75, 3.05) is 10.5 Å². The van der Waals surface area contributed by atoms with Gasteiger partial charge in [-0.1, -0.05) is 12.1 Å². The number of halogens is 1. The number of anilines is 2. The predicted molar refractivity (Wildman–Crippen MR) is 85.1 cm³/mol. The first kappa shape index (κ1) is 15.4. The lowest BCUT2D eigenvalue weighted by Gasteiger charge is -2.09. The Morgan fingerprint density at radius 3 is 2.43 bits per heavy atom. The monoisotopic (exact) mass is 365 g/mol. The van der Waals surface area contributed by atoms with Crippen LogP contribution in [0.15, 0.2) is 51.8 Å². The summed E-state index contributed by atoms with van der Waals surface area (Å²) in [6.45, 7) is 0. The highest BCUT2D eigenvalue weighted by molar-refractivity contribution is 9.10. The van der Waals surface area contributed by atoms with Gasteiger partial charge in [-0.15, -0.1) is 0 Å². The van der Waals surface area contributed by atoms with Gasteiger partial charge in [-0.25, -0.2) is 8.42 Å². The maximum absolute atomic E-state index is 12.2. The maximum Gasteiger partial charge on any atom is 0.261 e. The molecule has 2 aromatic carbocycles. The van der Waals surface area contributed by atoms with E-state index in [2.05, 4.69) is 20.7 Å². The van der Waals surface area contributed by atoms with Gasteiger partial charge in [0.05, 0.1) is 23.1 Å². The summed E-state index contributed by atoms with van der Waals surface area (Å²) in [5.74, 6) is 0. The van der Waals surface area contributed by atoms with E-state index in [1.807, 2.05) is 6.07 Å². The van der Waals surface area contributed by atoms with Crippen molar-refractivity contribution in [1.82, 2.24) is 0 Å². The highest BCUT2D eigenvalue weighted by Gasteiger charge is 2.14. The Balaban J connectivity index is 2.25. The van der Waals surface area contributed by atoms with E-state index in [0.717, 1.165) is 5.56 Å². The molecule has 0 heterocycles. The van der Waals surface area contributed by atoms with Crippen LogP contribution < -0.4 is 10.5 Å². The quantitative estimate of drug-likeness (QED) is 0.814. The Bertz CT molecular complexity index is 796. The summed E-state index contributed by atoms with van der Waals surface area (Å²) in [7, 11) is -3.68. The largest absolute Gasteiger partial charge is 0.398 e. The van der Waals surface area contributed by atoms with Gasteiger partial charge in [-0.2, -0.15) is 5.26 Å². The first-order chi connectivity index (χ1) is 9.92. The number of benzene rings is 2. The van der Waals surface area contributed by atoms with Crippen molar-refractivity contribution in [3.05, 3.63) is 52.5 Å². The van der Waals surface area contributed by atoms with Gasteiger partial charge in [0, 0.05) is 10.2 Å². The second kappa shape index (κ2) is 6.16. The van der Waals surface area contributed by atoms with Crippen LogP contribution in [0, 0.1) is 11.3 Å². The third kappa shape index (κ3) is 3.74. The normalized spacial score (nSPS) is 10.9. The minimum Gasteiger partial charge on any atom is -0.398 e. The van der Waals surface area contributed by atoms with Crippen LogP contribution in [0.3, 0.4) is 0 Å². The number of nitrogens with zero attached hydrogens (tertiary/aromatic N) is 1. The van der Waals surface area contributed by atoms with Crippen LogP contribution in [0.1, 0.15) is 5.56 Å². The van der Waals surface area contributed by atoms with Crippen molar-refractivity contribution >= 4 is 37.3 Å². The summed E-state index contributed by atoms with van der Waals surface area (Å²) in [6.07, 6.45) is 0.247. The standard InChI is InChI=1S/C14H12BrN3O2S/c15-13-6-3-11(9-14(13)17)18-21(19,20)12-4-1-10(2-5-12)7-8-16/h1-6,9,18H,7,17H2. The van der Waals surface area contributed by atoms with E-state index in [1.54, 1.807) is 24.3 Å². The third-order valence-electron chi connectivity index (χ3n) is 2.77. The number of nitriles is 1. The highest BCUT2D eigenvalue weighted by atomic mass is 79.9. The molecule has 0 fully saturated rings. The summed E-state index contributed by atoms with van der Waals surface area (Å²) in [5, 5.41) is 8.60. The summed E-state index contributed by atoms with van der Waals surface area (Å²) in [4.78, 5) is 0.130. The van der Waals surface area contributed by atoms with Gasteiger partial charge in [0.1, 0.15) is 0 Å². The zero-order valence-corrected chi connectivity index (χ0v) is 13.3. The van der Waals surface area contributed by atoms with E-state index in [1.165, 1.54) is 18.2 Å². The van der Waals surface area contributed by atoms with Crippen LogP contribution in [0.5, 0.6) is 0 Å². The second-order valence-corrected chi connectivity index (χ2v) is 6.86. The van der Waals surface area contributed by atoms with Gasteiger partial charge >= 0.3 is 0 Å². The van der Waals surface area contributed by atoms with Crippen molar-refractivity contribution in [3.63, 3.8) is 0 Å². The smallest absolute Gasteiger partial charge is 0.261 e. The number of hydrogen-bond acceptors (Lipinski definition) is 4. The van der Waals surface area contributed by atoms with Crippen LogP contribution in [0.4, 0.5) is 11.4 Å². The first-order valence-electron chi connectivity index (χ1n) is 5.96. The van der Waals surface area contributed by atoms with Crippen molar-refractivity contribution < 1.29 is 8.42 Å². The maximum atomic E-state index is 12.2. The molecule has 0 saturated carbocycles. The summed E-state index contributed by atoms with van der Waals surface area (Å²) in [5.41, 5.74) is 7.32. The van der Waals surface area contributed by atoms with E-state index in [0.29, 0.717) is 15.8 Å². The molecule has 0 bridgehead atoms. The van der Waals surface area contributed by atoms with Crippen LogP contribution in [0.25, 0.3) is 0 Å². The van der Waals surface area contributed by atoms with Gasteiger partial charge in [0.2, 0.25) is 0 Å². The Labute approximate surface area is 131 Å². The fourth-order valence-electron chi connectivity index (χ4n) is 1.70. The fraction of sp³-hybridized carbons (Fsp3) is 0.0714. The molecule has 0 aliphatic carbocycles. The lowest BCUT2D eigenvalue weighted by atomic mass is 10.2. The van der Waals surface area contributed by atoms with Gasteiger partial charge in [0.15, 0.2) is 0 Å². The molecule has 0 amide bonds. The Morgan fingerprint density at radius 1 is 1.19 bits per heavy atom. The molecule has 0 saturated heterocycles. The number of hydrogen-bond donors (Lipinski definition) is 2. The van der Waals surface area contributed by atoms with Crippen molar-refractivity contribution in [1.29, 1.82) is 5.26 Å². The van der Waals surface area contributed by atoms with Crippen LogP contribution >= 0.6 is 15.9 Å². The molecule has 0 unspecified atom stereocenters. The van der Waals surface area contributed by atoms with Gasteiger partial charge < -0.3 is 5.73 Å². The zero-order chi connectivity index (χ0) is 15.5. The van der Waals surface area contributed by atoms with E-state index < -0.39 is 10.0 Å². The number of nitrogens with two attached hydrogens (primary N) is 1. The minimum absolute atomic E-state index is 0.130. The lowest BCUT2D eigenvalue weighted by molar-refractivity contribution is 0.601. The molecular weight excluding hydrogens is 354 g/mol. The van der Waals surface area contributed by atoms with E-state index in [9.17, 15) is 8.42 Å². The fourth-order valence-corrected chi connectivity index (χ4v) is 3.00. The molecule has 0 radical (unpaired) electrons. The summed E-state index contributed by atoms with van der Waals surface area (Å²) in [6, 6.07) is 13.0. The number of sulfonamides is 1. The van der Waals surface area contributed by atoms with Crippen molar-refractivity contribution in [2.45, 2.75) is 11.3 Å². The third-order valence-corrected chi connectivity index (χ3v) is 4.88. The minimum atomic E-state index is -3.68. The van der Waals surface area contributed by atoms with E-state index in [-0.39, 0.29) is 11.3 Å². The Morgan fingerprint density at radius 2 is 1.86 bits per heavy atom. The number of nitrogens with one attached hydrogen (secondary N) is 1. The molecule has 3 N–H and O–H groups in total. The molecule has 0 spiro atoms. The molecule has 0 atom stereocenters. The molecule has 2 rings (SSSR count). The second-order valence-electron chi connectivity index (χ2n) is 4.32. The average molecular weight is 366 g/mol. The molecule has 0 aliphatic rings. The summed E-state index contributed by atoms with van der Waals surface area (Å²) < 4.78 is 27.6. The topological polar surface area (TPSA) is 96.0 Å². The van der Waals surface area contributed by atoms with Crippen molar-refractivity contribution in [2.24, 2.45) is 0 Å². The van der Waals surface area contributed by atoms with Crippen molar-refractivity contribution in [3.8, 4) is 6.07 Å². The summed E-state index contributed by atoms with van der Waals surface area (Å²) >= 11 is 3.25. The van der Waals surface area contributed by atoms with E-state index in [4.69, 9.17) is 11.0 Å². The van der Waals surface area contributed by atoms with Crippen LogP contribution in [0.2, 0.25) is 0 Å². The zero-order valence-electron chi connectivity index (χ0n) is 10.9. The lowest BCUT2D eigenvalue weighted by Crippen LogP contribution is -2.13. The number of rotatable bonds is 4. The molecule has 2 aromatic rings. The Hall–Kier alpha value is -2.04. The molecule has 21 heavy (non-hydrogen) atoms. The molecule has 7 heteroatoms. The van der Waals surface area contributed by atoms with E-state index >= 15 is 0 Å². The molecule has 108 valence electrons. The number of nitrogen functional groups attached to an aromatic ring is 1. The Kier molecular flexibility index (Phi) is 4.50. The molecular formula is C14H12BrN3O2S. The SMILES string of the molecule is N#CCc1ccc(S(=O)(=O)Nc2ccc(Br)c(N)c2)cc1. The van der Waals surface area contributed by atoms with Gasteiger partial charge in [0.25, 0.3) is 10.0 Å². The first-order valence-corrected chi connectivity index (χ1v) is 8.24. The van der Waals surface area contributed by atoms with Crippen LogP contribution in [-0.2, 0) is 16.4 Å². The van der Waals surface area contributed by atoms with Gasteiger partial charge in [-0.05, 0) is 51.8 Å². The highest BCUT2D eigenvalue weighted by Crippen LogP contribution is 2.24. The molecule has 5 nitrogen and oxygen atoms in total. The molecule has 0 aliphatic heterocycles. The van der Waals surface area contributed by atoms with Crippen LogP contribution in [-0.4, -0.2) is 8.42 Å².